The molecule has 0 saturated heterocycles. The molecule has 0 spiro atoms. The van der Waals surface area contributed by atoms with Gasteiger partial charge in [-0.2, -0.15) is 0 Å². The van der Waals surface area contributed by atoms with Gasteiger partial charge in [0, 0.05) is 5.92 Å². The summed E-state index contributed by atoms with van der Waals surface area (Å²) in [6.07, 6.45) is 0. The van der Waals surface area contributed by atoms with Crippen LogP contribution in [-0.4, -0.2) is 7.28 Å². The Morgan fingerprint density at radius 3 is 1.80 bits per heavy atom. The standard InChI is InChI=1S/C14H13B/c1-10-11-6-2-4-8-13(11)15-14-9-5-3-7-12(10)14/h2-10,15H,1H3. The fourth-order valence-corrected chi connectivity index (χ4v) is 2.61. The van der Waals surface area contributed by atoms with Crippen LogP contribution in [0, 0.1) is 0 Å². The number of hydrogen-bond donors (Lipinski definition) is 0. The Morgan fingerprint density at radius 2 is 1.27 bits per heavy atom. The van der Waals surface area contributed by atoms with Crippen LogP contribution < -0.4 is 10.9 Å². The van der Waals surface area contributed by atoms with Crippen molar-refractivity contribution in [3.63, 3.8) is 0 Å². The van der Waals surface area contributed by atoms with E-state index >= 15 is 0 Å². The van der Waals surface area contributed by atoms with Crippen LogP contribution in [0.1, 0.15) is 24.0 Å². The third-order valence-corrected chi connectivity index (χ3v) is 3.42. The van der Waals surface area contributed by atoms with Gasteiger partial charge in [0.2, 0.25) is 0 Å². The first-order chi connectivity index (χ1) is 7.36. The Morgan fingerprint density at radius 1 is 0.800 bits per heavy atom. The van der Waals surface area contributed by atoms with Gasteiger partial charge in [0.15, 0.2) is 7.28 Å². The number of fused-ring (bicyclic) bond motifs is 2. The van der Waals surface area contributed by atoms with E-state index in [2.05, 4.69) is 55.5 Å². The molecule has 2 aromatic carbocycles. The van der Waals surface area contributed by atoms with Gasteiger partial charge < -0.3 is 0 Å². The molecule has 0 fully saturated rings. The van der Waals surface area contributed by atoms with E-state index in [0.717, 1.165) is 7.28 Å². The summed E-state index contributed by atoms with van der Waals surface area (Å²) in [7, 11) is 1.09. The van der Waals surface area contributed by atoms with Gasteiger partial charge >= 0.3 is 0 Å². The molecule has 0 amide bonds. The molecule has 2 aromatic rings. The van der Waals surface area contributed by atoms with Crippen molar-refractivity contribution >= 4 is 18.2 Å². The summed E-state index contributed by atoms with van der Waals surface area (Å²) in [6.45, 7) is 2.30. The first kappa shape index (κ1) is 8.78. The van der Waals surface area contributed by atoms with E-state index in [-0.39, 0.29) is 0 Å². The summed E-state index contributed by atoms with van der Waals surface area (Å²) in [4.78, 5) is 0. The fraction of sp³-hybridized carbons (Fsp3) is 0.143. The molecule has 1 aliphatic heterocycles. The van der Waals surface area contributed by atoms with Gasteiger partial charge in [0.1, 0.15) is 0 Å². The van der Waals surface area contributed by atoms with Gasteiger partial charge in [-0.15, -0.1) is 0 Å². The summed E-state index contributed by atoms with van der Waals surface area (Å²) in [6, 6.07) is 17.6. The molecular formula is C14H13B. The third kappa shape index (κ3) is 1.31. The van der Waals surface area contributed by atoms with Crippen LogP contribution in [0.4, 0.5) is 0 Å². The van der Waals surface area contributed by atoms with Gasteiger partial charge in [-0.3, -0.25) is 0 Å². The van der Waals surface area contributed by atoms with Crippen molar-refractivity contribution < 1.29 is 0 Å². The zero-order chi connectivity index (χ0) is 10.3. The lowest BCUT2D eigenvalue weighted by atomic mass is 9.55. The van der Waals surface area contributed by atoms with Crippen LogP contribution in [0.5, 0.6) is 0 Å². The van der Waals surface area contributed by atoms with Gasteiger partial charge in [0.25, 0.3) is 0 Å². The lowest BCUT2D eigenvalue weighted by molar-refractivity contribution is 0.932. The molecule has 0 saturated carbocycles. The zero-order valence-electron chi connectivity index (χ0n) is 8.90. The summed E-state index contributed by atoms with van der Waals surface area (Å²) in [5.74, 6) is 0.547. The Balaban J connectivity index is 2.20. The van der Waals surface area contributed by atoms with Gasteiger partial charge in [-0.25, -0.2) is 0 Å². The minimum absolute atomic E-state index is 0.547. The van der Waals surface area contributed by atoms with Crippen molar-refractivity contribution in [3.8, 4) is 0 Å². The van der Waals surface area contributed by atoms with Gasteiger partial charge in [0.05, 0.1) is 0 Å². The summed E-state index contributed by atoms with van der Waals surface area (Å²) in [5, 5.41) is 0. The minimum Gasteiger partial charge on any atom is -0.0748 e. The molecule has 72 valence electrons. The average Bonchev–Trinajstić information content (AvgIpc) is 2.30. The van der Waals surface area contributed by atoms with Crippen LogP contribution in [0.3, 0.4) is 0 Å². The predicted molar refractivity (Wildman–Crippen MR) is 66.8 cm³/mol. The molecule has 0 unspecified atom stereocenters. The quantitative estimate of drug-likeness (QED) is 0.555. The maximum Gasteiger partial charge on any atom is 0.193 e. The van der Waals surface area contributed by atoms with E-state index in [1.54, 1.807) is 0 Å². The highest BCUT2D eigenvalue weighted by molar-refractivity contribution is 6.69. The van der Waals surface area contributed by atoms with Crippen molar-refractivity contribution in [1.82, 2.24) is 0 Å². The summed E-state index contributed by atoms with van der Waals surface area (Å²) in [5.41, 5.74) is 5.97. The molecule has 1 aliphatic rings. The highest BCUT2D eigenvalue weighted by atomic mass is 14.2. The molecule has 0 nitrogen and oxygen atoms in total. The van der Waals surface area contributed by atoms with Crippen LogP contribution in [0.15, 0.2) is 48.5 Å². The van der Waals surface area contributed by atoms with Crippen molar-refractivity contribution in [3.05, 3.63) is 59.7 Å². The molecule has 0 aromatic heterocycles. The second-order valence-corrected chi connectivity index (χ2v) is 4.30. The number of benzene rings is 2. The van der Waals surface area contributed by atoms with Crippen LogP contribution in [0.2, 0.25) is 0 Å². The Kier molecular flexibility index (Phi) is 1.91. The minimum atomic E-state index is 0.547. The van der Waals surface area contributed by atoms with Crippen molar-refractivity contribution in [2.75, 3.05) is 0 Å². The largest absolute Gasteiger partial charge is 0.193 e. The molecule has 0 radical (unpaired) electrons. The smallest absolute Gasteiger partial charge is 0.0748 e. The van der Waals surface area contributed by atoms with E-state index in [9.17, 15) is 0 Å². The van der Waals surface area contributed by atoms with Crippen molar-refractivity contribution in [2.24, 2.45) is 0 Å². The van der Waals surface area contributed by atoms with Crippen molar-refractivity contribution in [2.45, 2.75) is 12.8 Å². The highest BCUT2D eigenvalue weighted by Gasteiger charge is 2.21. The fourth-order valence-electron chi connectivity index (χ4n) is 2.61. The average molecular weight is 192 g/mol. The monoisotopic (exact) mass is 192 g/mol. The molecular weight excluding hydrogens is 179 g/mol. The first-order valence-electron chi connectivity index (χ1n) is 5.52. The lowest BCUT2D eigenvalue weighted by Gasteiger charge is -2.25. The Labute approximate surface area is 91.2 Å². The zero-order valence-corrected chi connectivity index (χ0v) is 8.90. The second-order valence-electron chi connectivity index (χ2n) is 4.30. The SMILES string of the molecule is CC1c2ccccc2Bc2ccccc21. The maximum absolute atomic E-state index is 2.30. The first-order valence-corrected chi connectivity index (χ1v) is 5.52. The lowest BCUT2D eigenvalue weighted by Crippen LogP contribution is -2.38. The van der Waals surface area contributed by atoms with Gasteiger partial charge in [-0.05, 0) is 11.1 Å². The van der Waals surface area contributed by atoms with Crippen molar-refractivity contribution in [1.29, 1.82) is 0 Å². The van der Waals surface area contributed by atoms with Gasteiger partial charge in [-0.1, -0.05) is 66.4 Å². The number of hydrogen-bond acceptors (Lipinski definition) is 0. The summed E-state index contributed by atoms with van der Waals surface area (Å²) < 4.78 is 0. The normalized spacial score (nSPS) is 13.9. The molecule has 15 heavy (non-hydrogen) atoms. The third-order valence-electron chi connectivity index (χ3n) is 3.42. The molecule has 3 rings (SSSR count). The second kappa shape index (κ2) is 3.27. The predicted octanol–water partition coefficient (Wildman–Crippen LogP) is 1.54. The Bertz CT molecular complexity index is 457. The Hall–Kier alpha value is -1.50. The molecule has 0 bridgehead atoms. The highest BCUT2D eigenvalue weighted by Crippen LogP contribution is 2.23. The van der Waals surface area contributed by atoms with E-state index in [0.29, 0.717) is 5.92 Å². The molecule has 0 atom stereocenters. The van der Waals surface area contributed by atoms with Crippen LogP contribution in [0.25, 0.3) is 0 Å². The van der Waals surface area contributed by atoms with E-state index in [4.69, 9.17) is 0 Å². The van der Waals surface area contributed by atoms with Crippen LogP contribution in [-0.2, 0) is 0 Å². The number of rotatable bonds is 0. The topological polar surface area (TPSA) is 0 Å². The molecule has 1 heterocycles. The maximum atomic E-state index is 2.30. The molecule has 0 N–H and O–H groups in total. The van der Waals surface area contributed by atoms with Crippen LogP contribution >= 0.6 is 0 Å². The van der Waals surface area contributed by atoms with E-state index < -0.39 is 0 Å². The molecule has 1 heteroatoms. The summed E-state index contributed by atoms with van der Waals surface area (Å²) >= 11 is 0. The van der Waals surface area contributed by atoms with E-state index in [1.807, 2.05) is 0 Å². The van der Waals surface area contributed by atoms with E-state index in [1.165, 1.54) is 22.1 Å². The molecule has 0 aliphatic carbocycles.